The summed E-state index contributed by atoms with van der Waals surface area (Å²) >= 11 is 0. The van der Waals surface area contributed by atoms with E-state index in [0.29, 0.717) is 6.04 Å². The number of aromatic nitrogens is 2. The summed E-state index contributed by atoms with van der Waals surface area (Å²) < 4.78 is 1.95. The Morgan fingerprint density at radius 2 is 1.71 bits per heavy atom. The fourth-order valence-corrected chi connectivity index (χ4v) is 4.02. The van der Waals surface area contributed by atoms with Crippen LogP contribution < -0.4 is 10.2 Å². The lowest BCUT2D eigenvalue weighted by atomic mass is 10.0. The number of anilines is 1. The lowest BCUT2D eigenvalue weighted by molar-refractivity contribution is 0.413. The molecule has 1 fully saturated rings. The molecule has 0 unspecified atom stereocenters. The maximum absolute atomic E-state index is 4.34. The summed E-state index contributed by atoms with van der Waals surface area (Å²) in [5, 5.41) is 8.07. The topological polar surface area (TPSA) is 33.1 Å². The number of rotatable bonds is 5. The van der Waals surface area contributed by atoms with Gasteiger partial charge in [0, 0.05) is 49.7 Å². The summed E-state index contributed by atoms with van der Waals surface area (Å²) in [4.78, 5) is 2.52. The van der Waals surface area contributed by atoms with Gasteiger partial charge in [0.15, 0.2) is 0 Å². The molecular formula is C24H30N4. The van der Waals surface area contributed by atoms with Crippen LogP contribution in [0.1, 0.15) is 29.7 Å². The van der Waals surface area contributed by atoms with Gasteiger partial charge in [0.1, 0.15) is 0 Å². The standard InChI is InChI=1S/C24H30N4/c1-18-6-4-7-20(14-18)21-8-5-9-24(15-21)28-12-10-23(11-13-28)25-16-22-17-26-27(3)19(22)2/h4-9,14-15,17,23,25H,10-13,16H2,1-3H3. The SMILES string of the molecule is Cc1cccc(-c2cccc(N3CCC(NCc4cnn(C)c4C)CC3)c2)c1. The Balaban J connectivity index is 1.36. The average molecular weight is 375 g/mol. The van der Waals surface area contributed by atoms with Gasteiger partial charge in [-0.05, 0) is 49.9 Å². The fraction of sp³-hybridized carbons (Fsp3) is 0.375. The van der Waals surface area contributed by atoms with Crippen LogP contribution in [0.15, 0.2) is 54.7 Å². The Morgan fingerprint density at radius 1 is 1.00 bits per heavy atom. The highest BCUT2D eigenvalue weighted by Gasteiger charge is 2.19. The van der Waals surface area contributed by atoms with Crippen molar-refractivity contribution in [3.05, 3.63) is 71.5 Å². The largest absolute Gasteiger partial charge is 0.371 e. The van der Waals surface area contributed by atoms with Crippen molar-refractivity contribution in [1.29, 1.82) is 0 Å². The monoisotopic (exact) mass is 374 g/mol. The zero-order valence-corrected chi connectivity index (χ0v) is 17.2. The fourth-order valence-electron chi connectivity index (χ4n) is 4.02. The van der Waals surface area contributed by atoms with Crippen molar-refractivity contribution in [3.63, 3.8) is 0 Å². The molecule has 146 valence electrons. The van der Waals surface area contributed by atoms with Crippen molar-refractivity contribution in [2.75, 3.05) is 18.0 Å². The van der Waals surface area contributed by atoms with Crippen molar-refractivity contribution >= 4 is 5.69 Å². The first-order valence-electron chi connectivity index (χ1n) is 10.2. The van der Waals surface area contributed by atoms with Crippen LogP contribution in [0, 0.1) is 13.8 Å². The summed E-state index contributed by atoms with van der Waals surface area (Å²) in [5.41, 5.74) is 7.78. The molecule has 1 aromatic heterocycles. The van der Waals surface area contributed by atoms with Gasteiger partial charge in [-0.15, -0.1) is 0 Å². The predicted molar refractivity (Wildman–Crippen MR) is 117 cm³/mol. The van der Waals surface area contributed by atoms with Crippen LogP contribution in [0.4, 0.5) is 5.69 Å². The smallest absolute Gasteiger partial charge is 0.0537 e. The van der Waals surface area contributed by atoms with Gasteiger partial charge in [0.25, 0.3) is 0 Å². The quantitative estimate of drug-likeness (QED) is 0.716. The molecule has 0 bridgehead atoms. The van der Waals surface area contributed by atoms with Gasteiger partial charge >= 0.3 is 0 Å². The number of hydrogen-bond acceptors (Lipinski definition) is 3. The van der Waals surface area contributed by atoms with E-state index in [9.17, 15) is 0 Å². The molecule has 0 amide bonds. The molecule has 0 saturated carbocycles. The molecule has 1 saturated heterocycles. The first-order valence-corrected chi connectivity index (χ1v) is 10.2. The Morgan fingerprint density at radius 3 is 2.39 bits per heavy atom. The second-order valence-electron chi connectivity index (χ2n) is 7.94. The van der Waals surface area contributed by atoms with Crippen LogP contribution in [0.5, 0.6) is 0 Å². The van der Waals surface area contributed by atoms with Crippen molar-refractivity contribution in [3.8, 4) is 11.1 Å². The second kappa shape index (κ2) is 8.19. The minimum atomic E-state index is 0.579. The van der Waals surface area contributed by atoms with E-state index in [4.69, 9.17) is 0 Å². The number of nitrogens with one attached hydrogen (secondary N) is 1. The second-order valence-corrected chi connectivity index (χ2v) is 7.94. The van der Waals surface area contributed by atoms with Gasteiger partial charge in [0.05, 0.1) is 6.20 Å². The van der Waals surface area contributed by atoms with E-state index in [1.54, 1.807) is 0 Å². The first kappa shape index (κ1) is 18.8. The van der Waals surface area contributed by atoms with Crippen molar-refractivity contribution in [1.82, 2.24) is 15.1 Å². The average Bonchev–Trinajstić information content (AvgIpc) is 3.05. The molecule has 0 atom stereocenters. The number of benzene rings is 2. The molecule has 0 spiro atoms. The Kier molecular flexibility index (Phi) is 5.49. The third-order valence-electron chi connectivity index (χ3n) is 5.98. The Labute approximate surface area is 168 Å². The molecule has 4 heteroatoms. The Hall–Kier alpha value is -2.59. The highest BCUT2D eigenvalue weighted by Crippen LogP contribution is 2.27. The van der Waals surface area contributed by atoms with Crippen LogP contribution in [0.25, 0.3) is 11.1 Å². The zero-order valence-electron chi connectivity index (χ0n) is 17.2. The molecule has 2 heterocycles. The van der Waals surface area contributed by atoms with Gasteiger partial charge in [-0.1, -0.05) is 42.0 Å². The van der Waals surface area contributed by atoms with Crippen LogP contribution in [0.2, 0.25) is 0 Å². The first-order chi connectivity index (χ1) is 13.6. The van der Waals surface area contributed by atoms with E-state index in [0.717, 1.165) is 19.6 Å². The number of piperidine rings is 1. The molecule has 0 radical (unpaired) electrons. The third kappa shape index (κ3) is 4.12. The minimum Gasteiger partial charge on any atom is -0.371 e. The molecule has 4 rings (SSSR count). The molecular weight excluding hydrogens is 344 g/mol. The third-order valence-corrected chi connectivity index (χ3v) is 5.98. The highest BCUT2D eigenvalue weighted by molar-refractivity contribution is 5.69. The van der Waals surface area contributed by atoms with Gasteiger partial charge in [-0.3, -0.25) is 4.68 Å². The zero-order chi connectivity index (χ0) is 19.5. The van der Waals surface area contributed by atoms with E-state index in [1.165, 1.54) is 46.5 Å². The van der Waals surface area contributed by atoms with E-state index >= 15 is 0 Å². The molecule has 2 aromatic carbocycles. The van der Waals surface area contributed by atoms with E-state index in [2.05, 4.69) is 77.7 Å². The number of nitrogens with zero attached hydrogens (tertiary/aromatic N) is 3. The molecule has 3 aromatic rings. The predicted octanol–water partition coefficient (Wildman–Crippen LogP) is 4.46. The number of hydrogen-bond donors (Lipinski definition) is 1. The summed E-state index contributed by atoms with van der Waals surface area (Å²) in [7, 11) is 2.00. The molecule has 4 nitrogen and oxygen atoms in total. The van der Waals surface area contributed by atoms with Gasteiger partial charge in [-0.25, -0.2) is 0 Å². The Bertz CT molecular complexity index is 935. The van der Waals surface area contributed by atoms with Gasteiger partial charge < -0.3 is 10.2 Å². The molecule has 1 N–H and O–H groups in total. The summed E-state index contributed by atoms with van der Waals surface area (Å²) in [6.07, 6.45) is 4.33. The molecule has 28 heavy (non-hydrogen) atoms. The van der Waals surface area contributed by atoms with Crippen LogP contribution in [-0.2, 0) is 13.6 Å². The van der Waals surface area contributed by atoms with Crippen molar-refractivity contribution < 1.29 is 0 Å². The molecule has 1 aliphatic rings. The van der Waals surface area contributed by atoms with Gasteiger partial charge in [0.2, 0.25) is 0 Å². The minimum absolute atomic E-state index is 0.579. The highest BCUT2D eigenvalue weighted by atomic mass is 15.3. The lowest BCUT2D eigenvalue weighted by Gasteiger charge is -2.34. The molecule has 0 aliphatic carbocycles. The lowest BCUT2D eigenvalue weighted by Crippen LogP contribution is -2.42. The summed E-state index contributed by atoms with van der Waals surface area (Å²) in [6, 6.07) is 18.3. The normalized spacial score (nSPS) is 15.2. The maximum Gasteiger partial charge on any atom is 0.0537 e. The number of aryl methyl sites for hydroxylation is 2. The van der Waals surface area contributed by atoms with Crippen molar-refractivity contribution in [2.24, 2.45) is 7.05 Å². The van der Waals surface area contributed by atoms with Crippen molar-refractivity contribution in [2.45, 2.75) is 39.3 Å². The van der Waals surface area contributed by atoms with E-state index in [-0.39, 0.29) is 0 Å². The van der Waals surface area contributed by atoms with Crippen LogP contribution >= 0.6 is 0 Å². The van der Waals surface area contributed by atoms with Gasteiger partial charge in [-0.2, -0.15) is 5.10 Å². The van der Waals surface area contributed by atoms with E-state index < -0.39 is 0 Å². The summed E-state index contributed by atoms with van der Waals surface area (Å²) in [6.45, 7) is 7.39. The van der Waals surface area contributed by atoms with Crippen LogP contribution in [0.3, 0.4) is 0 Å². The summed E-state index contributed by atoms with van der Waals surface area (Å²) in [5.74, 6) is 0. The van der Waals surface area contributed by atoms with Crippen LogP contribution in [-0.4, -0.2) is 28.9 Å². The molecule has 1 aliphatic heterocycles. The van der Waals surface area contributed by atoms with E-state index in [1.807, 2.05) is 17.9 Å². The maximum atomic E-state index is 4.34.